The molecule has 2 aliphatic heterocycles. The Kier molecular flexibility index (Phi) is 8.10. The van der Waals surface area contributed by atoms with E-state index in [0.29, 0.717) is 42.9 Å². The summed E-state index contributed by atoms with van der Waals surface area (Å²) in [5, 5.41) is -0.519. The van der Waals surface area contributed by atoms with Crippen molar-refractivity contribution in [3.8, 4) is 0 Å². The molecule has 8 nitrogen and oxygen atoms in total. The molecule has 0 N–H and O–H groups in total. The van der Waals surface area contributed by atoms with Gasteiger partial charge >= 0.3 is 12.3 Å². The van der Waals surface area contributed by atoms with Crippen LogP contribution in [0.1, 0.15) is 34.0 Å². The van der Waals surface area contributed by atoms with Gasteiger partial charge in [0.05, 0.1) is 23.6 Å². The maximum atomic E-state index is 12.8. The van der Waals surface area contributed by atoms with Crippen molar-refractivity contribution in [3.63, 3.8) is 0 Å². The molecule has 2 aliphatic rings. The SMILES string of the molecule is CCOC(=O)N1CCN(C(=O)c2ccc(C=C3SC(=O)N(Cc4ccc(C(F)(F)F)cc4)C3=O)cc2)CC1. The van der Waals surface area contributed by atoms with Crippen molar-refractivity contribution < 1.29 is 37.1 Å². The molecule has 0 radical (unpaired) electrons. The van der Waals surface area contributed by atoms with E-state index in [2.05, 4.69) is 0 Å². The molecule has 0 spiro atoms. The molecule has 0 saturated carbocycles. The fraction of sp³-hybridized carbons (Fsp3) is 0.308. The van der Waals surface area contributed by atoms with Gasteiger partial charge in [-0.25, -0.2) is 4.79 Å². The summed E-state index contributed by atoms with van der Waals surface area (Å²) in [4.78, 5) is 54.2. The third-order valence-corrected chi connectivity index (χ3v) is 6.95. The predicted molar refractivity (Wildman–Crippen MR) is 134 cm³/mol. The number of nitrogens with zero attached hydrogens (tertiary/aromatic N) is 3. The summed E-state index contributed by atoms with van der Waals surface area (Å²) < 4.78 is 43.3. The Morgan fingerprint density at radius 2 is 1.55 bits per heavy atom. The number of hydrogen-bond donors (Lipinski definition) is 0. The molecule has 2 aromatic rings. The summed E-state index contributed by atoms with van der Waals surface area (Å²) >= 11 is 0.743. The standard InChI is InChI=1S/C26H24F3N3O5S/c1-2-37-24(35)31-13-11-30(12-14-31)22(33)19-7-3-17(4-8-19)15-21-23(34)32(25(36)38-21)16-18-5-9-20(10-6-18)26(27,28)29/h3-10,15H,2,11-14,16H2,1H3. The largest absolute Gasteiger partial charge is 0.450 e. The lowest BCUT2D eigenvalue weighted by Crippen LogP contribution is -2.50. The van der Waals surface area contributed by atoms with Crippen LogP contribution in [0, 0.1) is 0 Å². The predicted octanol–water partition coefficient (Wildman–Crippen LogP) is 4.86. The maximum absolute atomic E-state index is 12.8. The summed E-state index contributed by atoms with van der Waals surface area (Å²) in [5.41, 5.74) is 0.638. The van der Waals surface area contributed by atoms with Gasteiger partial charge in [-0.05, 0) is 60.2 Å². The van der Waals surface area contributed by atoms with Crippen LogP contribution in [0.5, 0.6) is 0 Å². The first-order valence-corrected chi connectivity index (χ1v) is 12.6. The van der Waals surface area contributed by atoms with Crippen molar-refractivity contribution in [1.82, 2.24) is 14.7 Å². The monoisotopic (exact) mass is 547 g/mol. The Labute approximate surface area is 221 Å². The van der Waals surface area contributed by atoms with Gasteiger partial charge in [-0.3, -0.25) is 19.3 Å². The number of imide groups is 1. The molecule has 12 heteroatoms. The molecule has 0 aromatic heterocycles. The number of alkyl halides is 3. The van der Waals surface area contributed by atoms with Crippen LogP contribution < -0.4 is 0 Å². The van der Waals surface area contributed by atoms with Crippen LogP contribution in [0.15, 0.2) is 53.4 Å². The number of carbonyl (C=O) groups is 4. The molecular formula is C26H24F3N3O5S. The van der Waals surface area contributed by atoms with Crippen LogP contribution in [0.25, 0.3) is 6.08 Å². The van der Waals surface area contributed by atoms with Crippen LogP contribution in [-0.4, -0.2) is 70.6 Å². The number of rotatable bonds is 5. The lowest BCUT2D eigenvalue weighted by atomic mass is 10.1. The molecule has 2 fully saturated rings. The molecule has 2 aromatic carbocycles. The first-order valence-electron chi connectivity index (χ1n) is 11.8. The molecule has 0 aliphatic carbocycles. The highest BCUT2D eigenvalue weighted by Gasteiger charge is 2.35. The van der Waals surface area contributed by atoms with E-state index < -0.39 is 29.0 Å². The van der Waals surface area contributed by atoms with Crippen molar-refractivity contribution in [2.75, 3.05) is 32.8 Å². The number of halogens is 3. The first kappa shape index (κ1) is 27.2. The molecule has 0 atom stereocenters. The number of benzene rings is 2. The van der Waals surface area contributed by atoms with Gasteiger partial charge < -0.3 is 14.5 Å². The van der Waals surface area contributed by atoms with E-state index in [-0.39, 0.29) is 24.0 Å². The van der Waals surface area contributed by atoms with Gasteiger partial charge in [-0.1, -0.05) is 24.3 Å². The van der Waals surface area contributed by atoms with Crippen LogP contribution in [0.4, 0.5) is 22.8 Å². The number of amides is 4. The summed E-state index contributed by atoms with van der Waals surface area (Å²) in [7, 11) is 0. The highest BCUT2D eigenvalue weighted by molar-refractivity contribution is 8.18. The van der Waals surface area contributed by atoms with Crippen molar-refractivity contribution in [3.05, 3.63) is 75.7 Å². The second kappa shape index (κ2) is 11.3. The van der Waals surface area contributed by atoms with Gasteiger partial charge in [0.2, 0.25) is 0 Å². The lowest BCUT2D eigenvalue weighted by molar-refractivity contribution is -0.137. The van der Waals surface area contributed by atoms with E-state index in [9.17, 15) is 32.3 Å². The van der Waals surface area contributed by atoms with E-state index in [4.69, 9.17) is 4.74 Å². The Morgan fingerprint density at radius 1 is 0.947 bits per heavy atom. The minimum atomic E-state index is -4.47. The van der Waals surface area contributed by atoms with Crippen LogP contribution in [-0.2, 0) is 22.3 Å². The molecule has 4 rings (SSSR count). The molecule has 2 heterocycles. The van der Waals surface area contributed by atoms with Crippen molar-refractivity contribution >= 4 is 41.0 Å². The second-order valence-corrected chi connectivity index (χ2v) is 9.56. The van der Waals surface area contributed by atoms with E-state index in [0.717, 1.165) is 28.8 Å². The zero-order valence-electron chi connectivity index (χ0n) is 20.4. The molecule has 200 valence electrons. The molecule has 0 unspecified atom stereocenters. The summed E-state index contributed by atoms with van der Waals surface area (Å²) in [6.45, 7) is 3.40. The van der Waals surface area contributed by atoms with Crippen LogP contribution >= 0.6 is 11.8 Å². The second-order valence-electron chi connectivity index (χ2n) is 8.56. The zero-order chi connectivity index (χ0) is 27.4. The zero-order valence-corrected chi connectivity index (χ0v) is 21.2. The van der Waals surface area contributed by atoms with E-state index in [1.54, 1.807) is 41.0 Å². The maximum Gasteiger partial charge on any atom is 0.416 e. The first-order chi connectivity index (χ1) is 18.1. The normalized spacial score (nSPS) is 17.4. The van der Waals surface area contributed by atoms with Crippen molar-refractivity contribution in [2.45, 2.75) is 19.6 Å². The summed E-state index contributed by atoms with van der Waals surface area (Å²) in [5.74, 6) is -0.726. The smallest absolute Gasteiger partial charge is 0.416 e. The Balaban J connectivity index is 1.37. The number of carbonyl (C=O) groups excluding carboxylic acids is 4. The number of thioether (sulfide) groups is 1. The fourth-order valence-electron chi connectivity index (χ4n) is 3.98. The topological polar surface area (TPSA) is 87.2 Å². The van der Waals surface area contributed by atoms with E-state index >= 15 is 0 Å². The Hall–Kier alpha value is -3.80. The highest BCUT2D eigenvalue weighted by Crippen LogP contribution is 2.34. The molecule has 38 heavy (non-hydrogen) atoms. The lowest BCUT2D eigenvalue weighted by Gasteiger charge is -2.34. The van der Waals surface area contributed by atoms with Crippen molar-refractivity contribution in [1.29, 1.82) is 0 Å². The quantitative estimate of drug-likeness (QED) is 0.497. The molecule has 4 amide bonds. The van der Waals surface area contributed by atoms with Gasteiger partial charge in [-0.2, -0.15) is 13.2 Å². The number of ether oxygens (including phenoxy) is 1. The van der Waals surface area contributed by atoms with Gasteiger partial charge in [0.25, 0.3) is 17.1 Å². The fourth-order valence-corrected chi connectivity index (χ4v) is 4.82. The van der Waals surface area contributed by atoms with Gasteiger partial charge in [0.15, 0.2) is 0 Å². The Bertz CT molecular complexity index is 1250. The average Bonchev–Trinajstić information content (AvgIpc) is 3.16. The minimum Gasteiger partial charge on any atom is -0.450 e. The minimum absolute atomic E-state index is 0.142. The van der Waals surface area contributed by atoms with Gasteiger partial charge in [-0.15, -0.1) is 0 Å². The third kappa shape index (κ3) is 6.18. The van der Waals surface area contributed by atoms with E-state index in [1.807, 2.05) is 0 Å². The van der Waals surface area contributed by atoms with Gasteiger partial charge in [0.1, 0.15) is 0 Å². The van der Waals surface area contributed by atoms with Crippen LogP contribution in [0.2, 0.25) is 0 Å². The number of hydrogen-bond acceptors (Lipinski definition) is 6. The van der Waals surface area contributed by atoms with Gasteiger partial charge in [0, 0.05) is 31.7 Å². The number of piperazine rings is 1. The molecular weight excluding hydrogens is 523 g/mol. The molecule has 0 bridgehead atoms. The summed E-state index contributed by atoms with van der Waals surface area (Å²) in [6, 6.07) is 10.9. The average molecular weight is 548 g/mol. The third-order valence-electron chi connectivity index (χ3n) is 6.04. The van der Waals surface area contributed by atoms with Crippen molar-refractivity contribution in [2.24, 2.45) is 0 Å². The Morgan fingerprint density at radius 3 is 2.13 bits per heavy atom. The summed E-state index contributed by atoms with van der Waals surface area (Å²) in [6.07, 6.45) is -3.33. The van der Waals surface area contributed by atoms with E-state index in [1.165, 1.54) is 18.2 Å². The molecule has 2 saturated heterocycles. The highest BCUT2D eigenvalue weighted by atomic mass is 32.2. The van der Waals surface area contributed by atoms with Crippen LogP contribution in [0.3, 0.4) is 0 Å².